The Morgan fingerprint density at radius 2 is 1.86 bits per heavy atom. The first-order chi connectivity index (χ1) is 10.1. The lowest BCUT2D eigenvalue weighted by Crippen LogP contribution is -2.07. The predicted octanol–water partition coefficient (Wildman–Crippen LogP) is 2.85. The molecular weight excluding hydrogens is 271 g/mol. The molecule has 1 aliphatic rings. The smallest absolute Gasteiger partial charge is 0.338 e. The summed E-state index contributed by atoms with van der Waals surface area (Å²) in [7, 11) is 0. The van der Waals surface area contributed by atoms with E-state index in [2.05, 4.69) is 0 Å². The van der Waals surface area contributed by atoms with Crippen molar-refractivity contribution in [3.63, 3.8) is 0 Å². The molecule has 0 atom stereocenters. The van der Waals surface area contributed by atoms with Gasteiger partial charge in [-0.3, -0.25) is 4.79 Å². The summed E-state index contributed by atoms with van der Waals surface area (Å²) in [5.41, 5.74) is 2.81. The Morgan fingerprint density at radius 3 is 2.62 bits per heavy atom. The van der Waals surface area contributed by atoms with Gasteiger partial charge in [-0.1, -0.05) is 24.3 Å². The standard InChI is InChI=1S/C17H13FO3/c18-14-3-1-2-11(6-14)7-15(19)8-12-4-5-13-10-21-17(20)16(13)9-12/h1-6,9H,7-8,10H2. The number of hydrogen-bond acceptors (Lipinski definition) is 3. The molecule has 3 nitrogen and oxygen atoms in total. The van der Waals surface area contributed by atoms with E-state index in [0.29, 0.717) is 17.7 Å². The van der Waals surface area contributed by atoms with Gasteiger partial charge in [-0.05, 0) is 29.3 Å². The second kappa shape index (κ2) is 5.48. The maximum atomic E-state index is 13.1. The Labute approximate surface area is 121 Å². The van der Waals surface area contributed by atoms with Gasteiger partial charge < -0.3 is 4.74 Å². The van der Waals surface area contributed by atoms with Crippen molar-refractivity contribution in [2.45, 2.75) is 19.4 Å². The van der Waals surface area contributed by atoms with E-state index >= 15 is 0 Å². The molecular formula is C17H13FO3. The average molecular weight is 284 g/mol. The summed E-state index contributed by atoms with van der Waals surface area (Å²) in [6.45, 7) is 0.297. The summed E-state index contributed by atoms with van der Waals surface area (Å²) in [5, 5.41) is 0. The Kier molecular flexibility index (Phi) is 3.52. The molecule has 21 heavy (non-hydrogen) atoms. The van der Waals surface area contributed by atoms with E-state index in [1.165, 1.54) is 12.1 Å². The van der Waals surface area contributed by atoms with E-state index in [9.17, 15) is 14.0 Å². The molecule has 0 unspecified atom stereocenters. The number of halogens is 1. The first-order valence-corrected chi connectivity index (χ1v) is 6.67. The number of ketones is 1. The first kappa shape index (κ1) is 13.5. The third kappa shape index (κ3) is 2.99. The van der Waals surface area contributed by atoms with Gasteiger partial charge >= 0.3 is 5.97 Å². The third-order valence-corrected chi connectivity index (χ3v) is 3.44. The van der Waals surface area contributed by atoms with Crippen LogP contribution in [0, 0.1) is 5.82 Å². The quantitative estimate of drug-likeness (QED) is 0.811. The fraction of sp³-hybridized carbons (Fsp3) is 0.176. The maximum Gasteiger partial charge on any atom is 0.338 e. The van der Waals surface area contributed by atoms with Crippen LogP contribution in [0.5, 0.6) is 0 Å². The van der Waals surface area contributed by atoms with Gasteiger partial charge in [-0.2, -0.15) is 0 Å². The van der Waals surface area contributed by atoms with Gasteiger partial charge in [-0.25, -0.2) is 9.18 Å². The van der Waals surface area contributed by atoms with Gasteiger partial charge in [0, 0.05) is 18.4 Å². The van der Waals surface area contributed by atoms with E-state index in [-0.39, 0.29) is 30.4 Å². The normalized spacial score (nSPS) is 12.9. The molecule has 0 N–H and O–H groups in total. The number of benzene rings is 2. The SMILES string of the molecule is O=C(Cc1cccc(F)c1)Cc1ccc2c(c1)C(=O)OC2. The van der Waals surface area contributed by atoms with Crippen molar-refractivity contribution in [2.75, 3.05) is 0 Å². The molecule has 4 heteroatoms. The number of hydrogen-bond donors (Lipinski definition) is 0. The van der Waals surface area contributed by atoms with Gasteiger partial charge in [0.25, 0.3) is 0 Å². The van der Waals surface area contributed by atoms with Gasteiger partial charge in [0.2, 0.25) is 0 Å². The molecule has 1 heterocycles. The molecule has 106 valence electrons. The van der Waals surface area contributed by atoms with Gasteiger partial charge in [0.15, 0.2) is 0 Å². The lowest BCUT2D eigenvalue weighted by atomic mass is 9.99. The molecule has 0 amide bonds. The monoisotopic (exact) mass is 284 g/mol. The number of carbonyl (C=O) groups is 2. The fourth-order valence-corrected chi connectivity index (χ4v) is 2.44. The summed E-state index contributed by atoms with van der Waals surface area (Å²) >= 11 is 0. The van der Waals surface area contributed by atoms with Crippen molar-refractivity contribution in [2.24, 2.45) is 0 Å². The Bertz CT molecular complexity index is 722. The van der Waals surface area contributed by atoms with Crippen LogP contribution in [0.2, 0.25) is 0 Å². The zero-order valence-corrected chi connectivity index (χ0v) is 11.3. The summed E-state index contributed by atoms with van der Waals surface area (Å²) in [6.07, 6.45) is 0.399. The molecule has 0 aliphatic carbocycles. The fourth-order valence-electron chi connectivity index (χ4n) is 2.44. The Morgan fingerprint density at radius 1 is 1.10 bits per heavy atom. The van der Waals surface area contributed by atoms with Gasteiger partial charge in [-0.15, -0.1) is 0 Å². The number of esters is 1. The van der Waals surface area contributed by atoms with Crippen LogP contribution in [0.4, 0.5) is 4.39 Å². The molecule has 2 aromatic rings. The number of cyclic esters (lactones) is 1. The molecule has 0 radical (unpaired) electrons. The Hall–Kier alpha value is -2.49. The molecule has 0 bridgehead atoms. The highest BCUT2D eigenvalue weighted by atomic mass is 19.1. The lowest BCUT2D eigenvalue weighted by Gasteiger charge is -2.03. The number of Topliss-reactive ketones (excluding diaryl/α,β-unsaturated/α-hetero) is 1. The highest BCUT2D eigenvalue weighted by Crippen LogP contribution is 2.21. The minimum atomic E-state index is -0.347. The molecule has 0 aromatic heterocycles. The second-order valence-corrected chi connectivity index (χ2v) is 5.09. The van der Waals surface area contributed by atoms with Crippen molar-refractivity contribution >= 4 is 11.8 Å². The highest BCUT2D eigenvalue weighted by molar-refractivity contribution is 5.94. The van der Waals surface area contributed by atoms with Crippen LogP contribution >= 0.6 is 0 Å². The number of fused-ring (bicyclic) bond motifs is 1. The van der Waals surface area contributed by atoms with Gasteiger partial charge in [0.05, 0.1) is 5.56 Å². The summed E-state index contributed by atoms with van der Waals surface area (Å²) in [6, 6.07) is 11.4. The van der Waals surface area contributed by atoms with E-state index in [4.69, 9.17) is 4.74 Å². The summed E-state index contributed by atoms with van der Waals surface area (Å²) in [5.74, 6) is -0.711. The zero-order chi connectivity index (χ0) is 14.8. The van der Waals surface area contributed by atoms with E-state index in [1.807, 2.05) is 12.1 Å². The van der Waals surface area contributed by atoms with Crippen LogP contribution in [0.25, 0.3) is 0 Å². The van der Waals surface area contributed by atoms with Crippen molar-refractivity contribution < 1.29 is 18.7 Å². The molecule has 0 saturated heterocycles. The molecule has 3 rings (SSSR count). The van der Waals surface area contributed by atoms with E-state index in [0.717, 1.165) is 11.1 Å². The van der Waals surface area contributed by atoms with Crippen LogP contribution in [-0.2, 0) is 29.0 Å². The van der Waals surface area contributed by atoms with Crippen molar-refractivity contribution in [3.05, 3.63) is 70.5 Å². The van der Waals surface area contributed by atoms with Gasteiger partial charge in [0.1, 0.15) is 18.2 Å². The number of rotatable bonds is 4. The number of carbonyl (C=O) groups excluding carboxylic acids is 2. The van der Waals surface area contributed by atoms with E-state index < -0.39 is 0 Å². The number of ether oxygens (including phenoxy) is 1. The molecule has 0 fully saturated rings. The largest absolute Gasteiger partial charge is 0.457 e. The lowest BCUT2D eigenvalue weighted by molar-refractivity contribution is -0.117. The topological polar surface area (TPSA) is 43.4 Å². The van der Waals surface area contributed by atoms with Crippen LogP contribution in [-0.4, -0.2) is 11.8 Å². The van der Waals surface area contributed by atoms with Crippen LogP contribution < -0.4 is 0 Å². The van der Waals surface area contributed by atoms with Crippen molar-refractivity contribution in [3.8, 4) is 0 Å². The predicted molar refractivity (Wildman–Crippen MR) is 74.4 cm³/mol. The minimum Gasteiger partial charge on any atom is -0.457 e. The third-order valence-electron chi connectivity index (χ3n) is 3.44. The van der Waals surface area contributed by atoms with Crippen molar-refractivity contribution in [1.82, 2.24) is 0 Å². The van der Waals surface area contributed by atoms with Crippen LogP contribution in [0.3, 0.4) is 0 Å². The summed E-state index contributed by atoms with van der Waals surface area (Å²) in [4.78, 5) is 23.5. The minimum absolute atomic E-state index is 0.0214. The van der Waals surface area contributed by atoms with Crippen LogP contribution in [0.15, 0.2) is 42.5 Å². The second-order valence-electron chi connectivity index (χ2n) is 5.09. The summed E-state index contributed by atoms with van der Waals surface area (Å²) < 4.78 is 18.0. The highest BCUT2D eigenvalue weighted by Gasteiger charge is 2.21. The van der Waals surface area contributed by atoms with E-state index in [1.54, 1.807) is 18.2 Å². The average Bonchev–Trinajstić information content (AvgIpc) is 2.80. The molecule has 1 aliphatic heterocycles. The molecule has 0 spiro atoms. The van der Waals surface area contributed by atoms with Crippen molar-refractivity contribution in [1.29, 1.82) is 0 Å². The maximum absolute atomic E-state index is 13.1. The van der Waals surface area contributed by atoms with Crippen LogP contribution in [0.1, 0.15) is 27.0 Å². The zero-order valence-electron chi connectivity index (χ0n) is 11.3. The Balaban J connectivity index is 1.71. The molecule has 2 aromatic carbocycles. The molecule has 0 saturated carbocycles. The first-order valence-electron chi connectivity index (χ1n) is 6.67.